The van der Waals surface area contributed by atoms with E-state index in [-0.39, 0.29) is 20.4 Å². The second kappa shape index (κ2) is 9.14. The van der Waals surface area contributed by atoms with E-state index in [4.69, 9.17) is 9.47 Å². The zero-order valence-electron chi connectivity index (χ0n) is 15.1. The molecule has 0 amide bonds. The molecule has 0 saturated carbocycles. The third-order valence-corrected chi connectivity index (χ3v) is 4.10. The quantitative estimate of drug-likeness (QED) is 0.815. The normalized spacial score (nSPS) is 16.8. The van der Waals surface area contributed by atoms with Gasteiger partial charge in [-0.2, -0.15) is 13.2 Å². The molecule has 1 heterocycles. The SMILES string of the molecule is FC(F)(F)c1cccc(COc2ccc(OC[C@H]3CCCN3)cc2)c1.[Cl-].[H+]. The molecule has 0 radical (unpaired) electrons. The minimum absolute atomic E-state index is 0. The highest BCUT2D eigenvalue weighted by molar-refractivity contribution is 5.32. The molecule has 1 aliphatic heterocycles. The molecule has 0 unspecified atom stereocenters. The summed E-state index contributed by atoms with van der Waals surface area (Å²) in [4.78, 5) is 0. The van der Waals surface area contributed by atoms with Crippen LogP contribution in [0.3, 0.4) is 0 Å². The van der Waals surface area contributed by atoms with E-state index in [1.54, 1.807) is 30.3 Å². The Labute approximate surface area is 158 Å². The van der Waals surface area contributed by atoms with Crippen LogP contribution in [0.5, 0.6) is 11.5 Å². The molecule has 1 atom stereocenters. The van der Waals surface area contributed by atoms with Crippen molar-refractivity contribution >= 4 is 0 Å². The molecule has 1 fully saturated rings. The van der Waals surface area contributed by atoms with Gasteiger partial charge in [-0.1, -0.05) is 12.1 Å². The molecule has 0 aliphatic carbocycles. The predicted octanol–water partition coefficient (Wildman–Crippen LogP) is 1.53. The molecule has 7 heteroatoms. The van der Waals surface area contributed by atoms with Gasteiger partial charge in [0.1, 0.15) is 24.7 Å². The summed E-state index contributed by atoms with van der Waals surface area (Å²) >= 11 is 0. The third-order valence-electron chi connectivity index (χ3n) is 4.10. The number of alkyl halides is 3. The average Bonchev–Trinajstić information content (AvgIpc) is 3.12. The van der Waals surface area contributed by atoms with Crippen LogP contribution in [0.15, 0.2) is 48.5 Å². The number of hydrogen-bond donors (Lipinski definition) is 1. The molecular formula is C19H21ClF3NO2. The lowest BCUT2D eigenvalue weighted by Gasteiger charge is -2.13. The van der Waals surface area contributed by atoms with Crippen molar-refractivity contribution in [3.63, 3.8) is 0 Å². The van der Waals surface area contributed by atoms with Crippen LogP contribution in [0.4, 0.5) is 13.2 Å². The minimum atomic E-state index is -4.34. The van der Waals surface area contributed by atoms with Crippen molar-refractivity contribution in [2.45, 2.75) is 31.7 Å². The van der Waals surface area contributed by atoms with Crippen molar-refractivity contribution in [2.24, 2.45) is 0 Å². The maximum absolute atomic E-state index is 12.7. The van der Waals surface area contributed by atoms with Crippen LogP contribution < -0.4 is 27.2 Å². The first-order valence-corrected chi connectivity index (χ1v) is 8.26. The summed E-state index contributed by atoms with van der Waals surface area (Å²) in [6.07, 6.45) is -2.04. The zero-order valence-corrected chi connectivity index (χ0v) is 14.8. The summed E-state index contributed by atoms with van der Waals surface area (Å²) in [6, 6.07) is 12.7. The van der Waals surface area contributed by atoms with Crippen LogP contribution in [-0.4, -0.2) is 19.2 Å². The van der Waals surface area contributed by atoms with Crippen LogP contribution in [0, 0.1) is 0 Å². The number of hydrogen-bond acceptors (Lipinski definition) is 3. The molecule has 2 aromatic rings. The van der Waals surface area contributed by atoms with Crippen molar-refractivity contribution < 1.29 is 36.5 Å². The largest absolute Gasteiger partial charge is 1.00 e. The lowest BCUT2D eigenvalue weighted by Crippen LogP contribution is -3.00. The highest BCUT2D eigenvalue weighted by atomic mass is 35.5. The van der Waals surface area contributed by atoms with Gasteiger partial charge in [0.15, 0.2) is 0 Å². The van der Waals surface area contributed by atoms with Crippen molar-refractivity contribution in [2.75, 3.05) is 13.2 Å². The Hall–Kier alpha value is -1.92. The van der Waals surface area contributed by atoms with Gasteiger partial charge in [-0.25, -0.2) is 0 Å². The fraction of sp³-hybridized carbons (Fsp3) is 0.368. The van der Waals surface area contributed by atoms with Gasteiger partial charge in [0, 0.05) is 6.04 Å². The molecule has 26 heavy (non-hydrogen) atoms. The fourth-order valence-electron chi connectivity index (χ4n) is 2.73. The first kappa shape index (κ1) is 20.4. The van der Waals surface area contributed by atoms with E-state index in [1.807, 2.05) is 0 Å². The maximum Gasteiger partial charge on any atom is 1.00 e. The van der Waals surface area contributed by atoms with Gasteiger partial charge < -0.3 is 27.2 Å². The Morgan fingerprint density at radius 3 is 2.35 bits per heavy atom. The van der Waals surface area contributed by atoms with E-state index in [1.165, 1.54) is 12.5 Å². The monoisotopic (exact) mass is 387 g/mol. The number of benzene rings is 2. The molecule has 2 aromatic carbocycles. The van der Waals surface area contributed by atoms with Crippen molar-refractivity contribution in [1.82, 2.24) is 5.32 Å². The average molecular weight is 388 g/mol. The van der Waals surface area contributed by atoms with E-state index in [0.29, 0.717) is 24.0 Å². The van der Waals surface area contributed by atoms with E-state index in [9.17, 15) is 13.2 Å². The van der Waals surface area contributed by atoms with Crippen LogP contribution in [-0.2, 0) is 12.8 Å². The van der Waals surface area contributed by atoms with E-state index in [2.05, 4.69) is 5.32 Å². The van der Waals surface area contributed by atoms with Gasteiger partial charge in [0.05, 0.1) is 5.56 Å². The lowest BCUT2D eigenvalue weighted by molar-refractivity contribution is -0.137. The Morgan fingerprint density at radius 2 is 1.73 bits per heavy atom. The van der Waals surface area contributed by atoms with Crippen LogP contribution in [0.1, 0.15) is 25.4 Å². The molecule has 142 valence electrons. The summed E-state index contributed by atoms with van der Waals surface area (Å²) in [7, 11) is 0. The van der Waals surface area contributed by atoms with Crippen LogP contribution in [0.2, 0.25) is 0 Å². The summed E-state index contributed by atoms with van der Waals surface area (Å²) in [5, 5.41) is 3.36. The summed E-state index contributed by atoms with van der Waals surface area (Å²) in [5.74, 6) is 1.34. The van der Waals surface area contributed by atoms with Gasteiger partial charge in [0.2, 0.25) is 0 Å². The highest BCUT2D eigenvalue weighted by Crippen LogP contribution is 2.29. The topological polar surface area (TPSA) is 30.5 Å². The molecular weight excluding hydrogens is 367 g/mol. The van der Waals surface area contributed by atoms with Gasteiger partial charge in [-0.3, -0.25) is 0 Å². The maximum atomic E-state index is 12.7. The first-order valence-electron chi connectivity index (χ1n) is 8.26. The lowest BCUT2D eigenvalue weighted by atomic mass is 10.1. The summed E-state index contributed by atoms with van der Waals surface area (Å²) in [5.41, 5.74) is -0.194. The molecule has 3 rings (SSSR count). The molecule has 1 aliphatic rings. The smallest absolute Gasteiger partial charge is 1.00 e. The predicted molar refractivity (Wildman–Crippen MR) is 89.8 cm³/mol. The third kappa shape index (κ3) is 5.81. The first-order chi connectivity index (χ1) is 12.0. The van der Waals surface area contributed by atoms with Crippen molar-refractivity contribution in [3.8, 4) is 11.5 Å². The molecule has 0 aromatic heterocycles. The second-order valence-corrected chi connectivity index (χ2v) is 6.06. The second-order valence-electron chi connectivity index (χ2n) is 6.06. The van der Waals surface area contributed by atoms with E-state index in [0.717, 1.165) is 30.8 Å². The number of ether oxygens (including phenoxy) is 2. The standard InChI is InChI=1S/C19H20F3NO2.ClH/c20-19(21,22)15-4-1-3-14(11-15)12-24-17-6-8-18(9-7-17)25-13-16-5-2-10-23-16;/h1,3-4,6-9,11,16,23H,2,5,10,12-13H2;1H/t16-;/m1./s1. The molecule has 1 saturated heterocycles. The van der Waals surface area contributed by atoms with Crippen LogP contribution >= 0.6 is 0 Å². The summed E-state index contributed by atoms with van der Waals surface area (Å²) in [6.45, 7) is 1.75. The number of rotatable bonds is 6. The number of nitrogens with one attached hydrogen (secondary N) is 1. The Kier molecular flexibility index (Phi) is 7.17. The minimum Gasteiger partial charge on any atom is -1.00 e. The Bertz CT molecular complexity index is 692. The van der Waals surface area contributed by atoms with Gasteiger partial charge in [0.25, 0.3) is 0 Å². The number of halogens is 4. The molecule has 0 bridgehead atoms. The fourth-order valence-corrected chi connectivity index (χ4v) is 2.73. The van der Waals surface area contributed by atoms with Crippen molar-refractivity contribution in [1.29, 1.82) is 0 Å². The molecule has 3 nitrogen and oxygen atoms in total. The Morgan fingerprint density at radius 1 is 1.04 bits per heavy atom. The Balaban J connectivity index is 0.00000182. The van der Waals surface area contributed by atoms with Crippen molar-refractivity contribution in [3.05, 3.63) is 59.7 Å². The van der Waals surface area contributed by atoms with E-state index < -0.39 is 11.7 Å². The van der Waals surface area contributed by atoms with E-state index >= 15 is 0 Å². The van der Waals surface area contributed by atoms with Gasteiger partial charge in [-0.05, 0) is 61.3 Å². The highest BCUT2D eigenvalue weighted by Gasteiger charge is 2.30. The molecule has 1 N–H and O–H groups in total. The zero-order chi connectivity index (χ0) is 17.7. The van der Waals surface area contributed by atoms with Crippen LogP contribution in [0.25, 0.3) is 0 Å². The van der Waals surface area contributed by atoms with Gasteiger partial charge >= 0.3 is 7.60 Å². The van der Waals surface area contributed by atoms with Gasteiger partial charge in [-0.15, -0.1) is 0 Å². The summed E-state index contributed by atoms with van der Waals surface area (Å²) < 4.78 is 49.4. The molecule has 0 spiro atoms.